The van der Waals surface area contributed by atoms with Crippen LogP contribution in [0.1, 0.15) is 32.4 Å². The van der Waals surface area contributed by atoms with Crippen molar-refractivity contribution < 1.29 is 0 Å². The summed E-state index contributed by atoms with van der Waals surface area (Å²) in [5.41, 5.74) is 5.78. The Hall–Kier alpha value is -3.68. The molecule has 8 heteroatoms. The number of hydrogen-bond acceptors (Lipinski definition) is 4. The predicted molar refractivity (Wildman–Crippen MR) is 117 cm³/mol. The predicted octanol–water partition coefficient (Wildman–Crippen LogP) is 3.58. The van der Waals surface area contributed by atoms with Crippen LogP contribution in [0.15, 0.2) is 47.5 Å². The van der Waals surface area contributed by atoms with Gasteiger partial charge in [-0.25, -0.2) is 9.50 Å². The highest BCUT2D eigenvalue weighted by Crippen LogP contribution is 2.28. The van der Waals surface area contributed by atoms with Crippen LogP contribution in [0.5, 0.6) is 0 Å². The van der Waals surface area contributed by atoms with E-state index < -0.39 is 0 Å². The Morgan fingerprint density at radius 2 is 2.00 bits per heavy atom. The molecule has 0 aliphatic rings. The maximum absolute atomic E-state index is 12.8. The first-order valence-electron chi connectivity index (χ1n) is 10.1. The van der Waals surface area contributed by atoms with Crippen LogP contribution in [-0.2, 0) is 13.6 Å². The molecule has 0 aliphatic heterocycles. The molecule has 4 aromatic heterocycles. The summed E-state index contributed by atoms with van der Waals surface area (Å²) in [6.07, 6.45) is 3.65. The van der Waals surface area contributed by atoms with Crippen molar-refractivity contribution in [1.29, 1.82) is 0 Å². The highest BCUT2D eigenvalue weighted by atomic mass is 16.1. The smallest absolute Gasteiger partial charge is 0.273 e. The summed E-state index contributed by atoms with van der Waals surface area (Å²) in [7, 11) is 1.91. The van der Waals surface area contributed by atoms with E-state index in [1.165, 1.54) is 4.52 Å². The third kappa shape index (κ3) is 2.75. The monoisotopic (exact) mass is 401 g/mol. The molecule has 30 heavy (non-hydrogen) atoms. The molecular formula is C22H23N7O. The number of nitrogens with zero attached hydrogens (tertiary/aromatic N) is 6. The van der Waals surface area contributed by atoms with Gasteiger partial charge in [0.25, 0.3) is 5.56 Å². The van der Waals surface area contributed by atoms with Gasteiger partial charge in [-0.15, -0.1) is 0 Å². The van der Waals surface area contributed by atoms with Crippen molar-refractivity contribution >= 4 is 16.6 Å². The third-order valence-corrected chi connectivity index (χ3v) is 5.50. The molecule has 0 unspecified atom stereocenters. The average Bonchev–Trinajstić information content (AvgIpc) is 3.43. The molecule has 0 atom stereocenters. The summed E-state index contributed by atoms with van der Waals surface area (Å²) in [4.78, 5) is 17.6. The van der Waals surface area contributed by atoms with Crippen LogP contribution in [0.3, 0.4) is 0 Å². The highest BCUT2D eigenvalue weighted by Gasteiger charge is 2.17. The Balaban J connectivity index is 1.68. The lowest BCUT2D eigenvalue weighted by Crippen LogP contribution is -2.14. The number of rotatable bonds is 4. The quantitative estimate of drug-likeness (QED) is 0.499. The summed E-state index contributed by atoms with van der Waals surface area (Å²) < 4.78 is 5.25. The lowest BCUT2D eigenvalue weighted by atomic mass is 10.1. The minimum atomic E-state index is -0.156. The molecule has 0 bridgehead atoms. The summed E-state index contributed by atoms with van der Waals surface area (Å²) in [6.45, 7) is 7.09. The van der Waals surface area contributed by atoms with Crippen molar-refractivity contribution in [1.82, 2.24) is 34.2 Å². The van der Waals surface area contributed by atoms with E-state index in [4.69, 9.17) is 4.98 Å². The zero-order valence-corrected chi connectivity index (χ0v) is 17.4. The molecule has 5 rings (SSSR count). The minimum Gasteiger partial charge on any atom is -0.296 e. The number of benzene rings is 1. The van der Waals surface area contributed by atoms with Crippen molar-refractivity contribution in [2.24, 2.45) is 7.05 Å². The lowest BCUT2D eigenvalue weighted by Gasteiger charge is -2.04. The summed E-state index contributed by atoms with van der Waals surface area (Å²) in [6, 6.07) is 9.65. The van der Waals surface area contributed by atoms with Gasteiger partial charge in [-0.3, -0.25) is 19.3 Å². The Labute approximate surface area is 172 Å². The lowest BCUT2D eigenvalue weighted by molar-refractivity contribution is 0.684. The van der Waals surface area contributed by atoms with Gasteiger partial charge >= 0.3 is 0 Å². The normalized spacial score (nSPS) is 11.9. The Bertz CT molecular complexity index is 1450. The molecular weight excluding hydrogens is 378 g/mol. The van der Waals surface area contributed by atoms with E-state index in [0.717, 1.165) is 40.0 Å². The van der Waals surface area contributed by atoms with Crippen molar-refractivity contribution in [3.63, 3.8) is 0 Å². The van der Waals surface area contributed by atoms with Gasteiger partial charge in [0.1, 0.15) is 0 Å². The van der Waals surface area contributed by atoms with Gasteiger partial charge in [-0.1, -0.05) is 19.9 Å². The molecule has 0 spiro atoms. The SMILES string of the molecule is CCn1ncc2cc(-c3cc(=O)n4[nH]cc(-c5cc(C(C)C)nn5C)c4n3)ccc21. The average molecular weight is 401 g/mol. The fourth-order valence-corrected chi connectivity index (χ4v) is 3.84. The Kier molecular flexibility index (Phi) is 4.09. The van der Waals surface area contributed by atoms with E-state index in [0.29, 0.717) is 17.3 Å². The largest absolute Gasteiger partial charge is 0.296 e. The van der Waals surface area contributed by atoms with E-state index in [2.05, 4.69) is 42.1 Å². The second kappa shape index (κ2) is 6.69. The van der Waals surface area contributed by atoms with Crippen molar-refractivity contribution in [3.05, 3.63) is 58.8 Å². The van der Waals surface area contributed by atoms with Gasteiger partial charge in [0.15, 0.2) is 5.65 Å². The minimum absolute atomic E-state index is 0.156. The molecule has 0 fully saturated rings. The fourth-order valence-electron chi connectivity index (χ4n) is 3.84. The van der Waals surface area contributed by atoms with Crippen LogP contribution in [0.2, 0.25) is 0 Å². The second-order valence-electron chi connectivity index (χ2n) is 7.79. The van der Waals surface area contributed by atoms with Gasteiger partial charge in [-0.2, -0.15) is 10.2 Å². The van der Waals surface area contributed by atoms with E-state index in [-0.39, 0.29) is 5.56 Å². The maximum atomic E-state index is 12.8. The van der Waals surface area contributed by atoms with Crippen LogP contribution in [0.25, 0.3) is 39.1 Å². The number of aromatic amines is 1. The van der Waals surface area contributed by atoms with Crippen LogP contribution < -0.4 is 5.56 Å². The first kappa shape index (κ1) is 18.4. The summed E-state index contributed by atoms with van der Waals surface area (Å²) in [5, 5.41) is 13.1. The number of nitrogens with one attached hydrogen (secondary N) is 1. The number of fused-ring (bicyclic) bond motifs is 2. The van der Waals surface area contributed by atoms with Crippen molar-refractivity contribution in [2.45, 2.75) is 33.2 Å². The van der Waals surface area contributed by atoms with Crippen molar-refractivity contribution in [3.8, 4) is 22.5 Å². The molecule has 0 aliphatic carbocycles. The third-order valence-electron chi connectivity index (χ3n) is 5.50. The molecule has 4 heterocycles. The molecule has 0 amide bonds. The van der Waals surface area contributed by atoms with Gasteiger partial charge in [-0.05, 0) is 31.0 Å². The van der Waals surface area contributed by atoms with E-state index in [1.807, 2.05) is 47.0 Å². The van der Waals surface area contributed by atoms with Gasteiger partial charge in [0.05, 0.1) is 34.4 Å². The molecule has 0 saturated carbocycles. The zero-order valence-electron chi connectivity index (χ0n) is 17.4. The van der Waals surface area contributed by atoms with E-state index in [9.17, 15) is 4.79 Å². The maximum Gasteiger partial charge on any atom is 0.273 e. The van der Waals surface area contributed by atoms with Crippen LogP contribution in [-0.4, -0.2) is 34.2 Å². The zero-order chi connectivity index (χ0) is 21.0. The number of hydrogen-bond donors (Lipinski definition) is 1. The first-order chi connectivity index (χ1) is 14.5. The second-order valence-corrected chi connectivity index (χ2v) is 7.79. The number of aryl methyl sites for hydroxylation is 2. The molecule has 1 N–H and O–H groups in total. The number of aromatic nitrogens is 7. The van der Waals surface area contributed by atoms with Gasteiger partial charge in [0, 0.05) is 36.8 Å². The molecule has 8 nitrogen and oxygen atoms in total. The van der Waals surface area contributed by atoms with E-state index in [1.54, 1.807) is 6.07 Å². The summed E-state index contributed by atoms with van der Waals surface area (Å²) >= 11 is 0. The highest BCUT2D eigenvalue weighted by molar-refractivity contribution is 5.84. The Morgan fingerprint density at radius 3 is 2.73 bits per heavy atom. The van der Waals surface area contributed by atoms with Crippen molar-refractivity contribution in [2.75, 3.05) is 0 Å². The standard InChI is InChI=1S/C22H23N7O/c1-5-28-19-7-6-14(8-15(19)11-23-28)18-10-21(30)29-22(25-18)16(12-24-29)20-9-17(13(2)3)26-27(20)4/h6-13,24H,5H2,1-4H3. The summed E-state index contributed by atoms with van der Waals surface area (Å²) in [5.74, 6) is 0.317. The number of H-pyrrole nitrogens is 1. The van der Waals surface area contributed by atoms with E-state index >= 15 is 0 Å². The molecule has 152 valence electrons. The fraction of sp³-hybridized carbons (Fsp3) is 0.273. The van der Waals surface area contributed by atoms with Gasteiger partial charge in [0.2, 0.25) is 0 Å². The first-order valence-corrected chi connectivity index (χ1v) is 10.1. The molecule has 5 aromatic rings. The van der Waals surface area contributed by atoms with Gasteiger partial charge < -0.3 is 0 Å². The Morgan fingerprint density at radius 1 is 1.17 bits per heavy atom. The van der Waals surface area contributed by atoms with Crippen LogP contribution >= 0.6 is 0 Å². The molecule has 0 radical (unpaired) electrons. The topological polar surface area (TPSA) is 85.8 Å². The van der Waals surface area contributed by atoms with Crippen LogP contribution in [0.4, 0.5) is 0 Å². The van der Waals surface area contributed by atoms with Crippen LogP contribution in [0, 0.1) is 0 Å². The molecule has 0 saturated heterocycles. The molecule has 1 aromatic carbocycles.